The van der Waals surface area contributed by atoms with E-state index in [0.29, 0.717) is 6.10 Å². The van der Waals surface area contributed by atoms with Crippen LogP contribution in [0.3, 0.4) is 0 Å². The highest BCUT2D eigenvalue weighted by Gasteiger charge is 2.18. The molecule has 0 atom stereocenters. The van der Waals surface area contributed by atoms with Gasteiger partial charge < -0.3 is 15.0 Å². The van der Waals surface area contributed by atoms with E-state index < -0.39 is 0 Å². The average molecular weight is 263 g/mol. The van der Waals surface area contributed by atoms with Gasteiger partial charge in [-0.15, -0.1) is 0 Å². The van der Waals surface area contributed by atoms with Crippen LogP contribution in [0.2, 0.25) is 0 Å². The monoisotopic (exact) mass is 263 g/mol. The molecule has 1 N–H and O–H groups in total. The molecule has 1 fully saturated rings. The maximum Gasteiger partial charge on any atom is 0.214 e. The zero-order valence-electron chi connectivity index (χ0n) is 12.3. The maximum absolute atomic E-state index is 6.07. The Bertz CT molecular complexity index is 400. The molecule has 0 bridgehead atoms. The summed E-state index contributed by atoms with van der Waals surface area (Å²) in [6, 6.07) is 4.21. The van der Waals surface area contributed by atoms with E-state index in [-0.39, 0.29) is 0 Å². The number of rotatable bonds is 5. The summed E-state index contributed by atoms with van der Waals surface area (Å²) in [7, 11) is 4.13. The van der Waals surface area contributed by atoms with Gasteiger partial charge in [0.05, 0.1) is 0 Å². The minimum atomic E-state index is 0.318. The number of aryl methyl sites for hydroxylation is 1. The lowest BCUT2D eigenvalue weighted by molar-refractivity contribution is 0.109. The SMILES string of the molecule is CCc1cc(CNC)cc(OC2CCN(C)CC2)n1. The largest absolute Gasteiger partial charge is 0.474 e. The van der Waals surface area contributed by atoms with Gasteiger partial charge in [-0.25, -0.2) is 4.98 Å². The van der Waals surface area contributed by atoms with Gasteiger partial charge >= 0.3 is 0 Å². The normalized spacial score (nSPS) is 17.6. The Morgan fingerprint density at radius 2 is 2.11 bits per heavy atom. The third-order valence-corrected chi connectivity index (χ3v) is 3.61. The van der Waals surface area contributed by atoms with Gasteiger partial charge in [-0.2, -0.15) is 0 Å². The Labute approximate surface area is 116 Å². The Kier molecular flexibility index (Phi) is 5.16. The molecule has 1 aliphatic heterocycles. The number of nitrogens with zero attached hydrogens (tertiary/aromatic N) is 2. The lowest BCUT2D eigenvalue weighted by atomic mass is 10.1. The number of hydrogen-bond donors (Lipinski definition) is 1. The minimum Gasteiger partial charge on any atom is -0.474 e. The number of ether oxygens (including phenoxy) is 1. The van der Waals surface area contributed by atoms with Crippen molar-refractivity contribution in [3.63, 3.8) is 0 Å². The van der Waals surface area contributed by atoms with Crippen molar-refractivity contribution in [3.05, 3.63) is 23.4 Å². The summed E-state index contributed by atoms with van der Waals surface area (Å²) in [5.41, 5.74) is 2.35. The molecule has 1 saturated heterocycles. The second-order valence-electron chi connectivity index (χ2n) is 5.31. The summed E-state index contributed by atoms with van der Waals surface area (Å²) in [5, 5.41) is 3.18. The molecule has 0 saturated carbocycles. The molecule has 4 heteroatoms. The molecule has 0 unspecified atom stereocenters. The van der Waals surface area contributed by atoms with Gasteiger partial charge in [0.15, 0.2) is 0 Å². The first-order chi connectivity index (χ1) is 9.21. The van der Waals surface area contributed by atoms with Gasteiger partial charge in [0.1, 0.15) is 6.10 Å². The third-order valence-electron chi connectivity index (χ3n) is 3.61. The Morgan fingerprint density at radius 1 is 1.37 bits per heavy atom. The van der Waals surface area contributed by atoms with E-state index >= 15 is 0 Å². The number of piperidine rings is 1. The number of hydrogen-bond acceptors (Lipinski definition) is 4. The van der Waals surface area contributed by atoms with Gasteiger partial charge in [0.25, 0.3) is 0 Å². The Hall–Kier alpha value is -1.13. The molecular weight excluding hydrogens is 238 g/mol. The fourth-order valence-corrected chi connectivity index (χ4v) is 2.44. The number of likely N-dealkylation sites (tertiary alicyclic amines) is 1. The topological polar surface area (TPSA) is 37.4 Å². The van der Waals surface area contributed by atoms with Gasteiger partial charge in [-0.05, 0) is 45.0 Å². The highest BCUT2D eigenvalue weighted by Crippen LogP contribution is 2.19. The van der Waals surface area contributed by atoms with E-state index in [0.717, 1.165) is 50.5 Å². The van der Waals surface area contributed by atoms with Crippen molar-refractivity contribution >= 4 is 0 Å². The van der Waals surface area contributed by atoms with Crippen LogP contribution in [0.15, 0.2) is 12.1 Å². The molecule has 0 aliphatic carbocycles. The van der Waals surface area contributed by atoms with Crippen molar-refractivity contribution in [3.8, 4) is 5.88 Å². The highest BCUT2D eigenvalue weighted by molar-refractivity contribution is 5.25. The van der Waals surface area contributed by atoms with Crippen molar-refractivity contribution in [2.24, 2.45) is 0 Å². The van der Waals surface area contributed by atoms with Crippen LogP contribution in [-0.2, 0) is 13.0 Å². The summed E-state index contributed by atoms with van der Waals surface area (Å²) < 4.78 is 6.07. The molecule has 0 spiro atoms. The first-order valence-electron chi connectivity index (χ1n) is 7.21. The quantitative estimate of drug-likeness (QED) is 0.879. The van der Waals surface area contributed by atoms with E-state index in [1.54, 1.807) is 0 Å². The van der Waals surface area contributed by atoms with Crippen molar-refractivity contribution in [1.29, 1.82) is 0 Å². The van der Waals surface area contributed by atoms with Gasteiger partial charge in [0.2, 0.25) is 5.88 Å². The van der Waals surface area contributed by atoms with E-state index in [4.69, 9.17) is 4.74 Å². The van der Waals surface area contributed by atoms with Crippen LogP contribution in [0.5, 0.6) is 5.88 Å². The van der Waals surface area contributed by atoms with E-state index in [2.05, 4.69) is 41.3 Å². The van der Waals surface area contributed by atoms with E-state index in [1.807, 2.05) is 7.05 Å². The summed E-state index contributed by atoms with van der Waals surface area (Å²) in [6.07, 6.45) is 3.45. The zero-order chi connectivity index (χ0) is 13.7. The lowest BCUT2D eigenvalue weighted by Gasteiger charge is -2.29. The van der Waals surface area contributed by atoms with Crippen LogP contribution in [0, 0.1) is 0 Å². The van der Waals surface area contributed by atoms with Crippen LogP contribution in [0.25, 0.3) is 0 Å². The number of pyridine rings is 1. The molecule has 0 radical (unpaired) electrons. The molecule has 4 nitrogen and oxygen atoms in total. The molecule has 2 heterocycles. The molecule has 0 aromatic carbocycles. The maximum atomic E-state index is 6.07. The second-order valence-corrected chi connectivity index (χ2v) is 5.31. The molecule has 19 heavy (non-hydrogen) atoms. The van der Waals surface area contributed by atoms with E-state index in [9.17, 15) is 0 Å². The van der Waals surface area contributed by atoms with Crippen LogP contribution in [-0.4, -0.2) is 43.2 Å². The summed E-state index contributed by atoms with van der Waals surface area (Å²) in [6.45, 7) is 5.22. The summed E-state index contributed by atoms with van der Waals surface area (Å²) >= 11 is 0. The lowest BCUT2D eigenvalue weighted by Crippen LogP contribution is -2.35. The fourth-order valence-electron chi connectivity index (χ4n) is 2.44. The molecule has 1 aromatic heterocycles. The molecule has 1 aromatic rings. The van der Waals surface area contributed by atoms with Crippen molar-refractivity contribution in [2.75, 3.05) is 27.2 Å². The van der Waals surface area contributed by atoms with E-state index in [1.165, 1.54) is 5.56 Å². The predicted molar refractivity (Wildman–Crippen MR) is 77.5 cm³/mol. The molecular formula is C15H25N3O. The number of aromatic nitrogens is 1. The minimum absolute atomic E-state index is 0.318. The molecule has 0 amide bonds. The standard InChI is InChI=1S/C15H25N3O/c1-4-13-9-12(11-16-2)10-15(17-13)19-14-5-7-18(3)8-6-14/h9-10,14,16H,4-8,11H2,1-3H3. The Morgan fingerprint density at radius 3 is 2.74 bits per heavy atom. The highest BCUT2D eigenvalue weighted by atomic mass is 16.5. The van der Waals surface area contributed by atoms with Crippen molar-refractivity contribution in [2.45, 2.75) is 38.8 Å². The molecule has 2 rings (SSSR count). The van der Waals surface area contributed by atoms with Gasteiger partial charge in [-0.3, -0.25) is 0 Å². The predicted octanol–water partition coefficient (Wildman–Crippen LogP) is 1.84. The van der Waals surface area contributed by atoms with Crippen LogP contribution in [0.4, 0.5) is 0 Å². The Balaban J connectivity index is 2.04. The second kappa shape index (κ2) is 6.87. The molecule has 106 valence electrons. The van der Waals surface area contributed by atoms with Crippen LogP contribution < -0.4 is 10.1 Å². The molecule has 1 aliphatic rings. The van der Waals surface area contributed by atoms with Crippen molar-refractivity contribution < 1.29 is 4.74 Å². The summed E-state index contributed by atoms with van der Waals surface area (Å²) in [4.78, 5) is 6.93. The fraction of sp³-hybridized carbons (Fsp3) is 0.667. The average Bonchev–Trinajstić information content (AvgIpc) is 2.41. The third kappa shape index (κ3) is 4.18. The first-order valence-corrected chi connectivity index (χ1v) is 7.21. The van der Waals surface area contributed by atoms with Gasteiger partial charge in [0, 0.05) is 31.4 Å². The van der Waals surface area contributed by atoms with Crippen LogP contribution in [0.1, 0.15) is 31.0 Å². The summed E-state index contributed by atoms with van der Waals surface area (Å²) in [5.74, 6) is 0.791. The van der Waals surface area contributed by atoms with Gasteiger partial charge in [-0.1, -0.05) is 6.92 Å². The first kappa shape index (κ1) is 14.3. The van der Waals surface area contributed by atoms with Crippen LogP contribution >= 0.6 is 0 Å². The smallest absolute Gasteiger partial charge is 0.214 e. The van der Waals surface area contributed by atoms with Crippen molar-refractivity contribution in [1.82, 2.24) is 15.2 Å². The zero-order valence-corrected chi connectivity index (χ0v) is 12.3. The number of nitrogens with one attached hydrogen (secondary N) is 1.